The van der Waals surface area contributed by atoms with E-state index in [9.17, 15) is 9.59 Å². The van der Waals surface area contributed by atoms with Crippen LogP contribution in [0.5, 0.6) is 0 Å². The van der Waals surface area contributed by atoms with E-state index in [0.29, 0.717) is 17.3 Å². The minimum atomic E-state index is -0.143. The third-order valence-electron chi connectivity index (χ3n) is 4.72. The molecule has 0 spiro atoms. The second kappa shape index (κ2) is 7.19. The zero-order valence-electron chi connectivity index (χ0n) is 15.0. The Hall–Kier alpha value is -2.47. The summed E-state index contributed by atoms with van der Waals surface area (Å²) < 4.78 is 1.31. The lowest BCUT2D eigenvalue weighted by Crippen LogP contribution is -2.50. The van der Waals surface area contributed by atoms with Crippen molar-refractivity contribution in [3.63, 3.8) is 0 Å². The standard InChI is InChI=1S/C19H24N4O2/c1-14(2)22-10-12-23(13-11-22)19(25)16-6-4-15(5-7-16)17-8-9-18(24)21(3)20-17/h4-9,14H,10-13H2,1-3H3. The fourth-order valence-electron chi connectivity index (χ4n) is 3.06. The molecule has 0 radical (unpaired) electrons. The minimum absolute atomic E-state index is 0.0726. The number of amides is 1. The van der Waals surface area contributed by atoms with Gasteiger partial charge in [0.1, 0.15) is 0 Å². The highest BCUT2D eigenvalue weighted by molar-refractivity contribution is 5.94. The van der Waals surface area contributed by atoms with E-state index in [1.165, 1.54) is 10.7 Å². The van der Waals surface area contributed by atoms with Crippen molar-refractivity contribution in [2.45, 2.75) is 19.9 Å². The van der Waals surface area contributed by atoms with Crippen LogP contribution in [0.2, 0.25) is 0 Å². The highest BCUT2D eigenvalue weighted by Gasteiger charge is 2.23. The van der Waals surface area contributed by atoms with E-state index in [1.807, 2.05) is 29.2 Å². The topological polar surface area (TPSA) is 58.4 Å². The average molecular weight is 340 g/mol. The zero-order valence-corrected chi connectivity index (χ0v) is 15.0. The lowest BCUT2D eigenvalue weighted by atomic mass is 10.1. The fraction of sp³-hybridized carbons (Fsp3) is 0.421. The molecule has 1 saturated heterocycles. The normalized spacial score (nSPS) is 15.6. The first-order valence-electron chi connectivity index (χ1n) is 8.64. The summed E-state index contributed by atoms with van der Waals surface area (Å²) in [6, 6.07) is 11.1. The van der Waals surface area contributed by atoms with Crippen molar-refractivity contribution in [3.8, 4) is 11.3 Å². The molecule has 1 aliphatic rings. The van der Waals surface area contributed by atoms with Crippen LogP contribution >= 0.6 is 0 Å². The number of benzene rings is 1. The van der Waals surface area contributed by atoms with Crippen LogP contribution in [0.4, 0.5) is 0 Å². The number of carbonyl (C=O) groups excluding carboxylic acids is 1. The van der Waals surface area contributed by atoms with E-state index in [4.69, 9.17) is 0 Å². The maximum Gasteiger partial charge on any atom is 0.266 e. The number of aromatic nitrogens is 2. The molecule has 1 aromatic heterocycles. The fourth-order valence-corrected chi connectivity index (χ4v) is 3.06. The van der Waals surface area contributed by atoms with E-state index in [0.717, 1.165) is 31.7 Å². The first-order chi connectivity index (χ1) is 12.0. The van der Waals surface area contributed by atoms with Crippen molar-refractivity contribution < 1.29 is 4.79 Å². The molecule has 6 nitrogen and oxygen atoms in total. The molecule has 1 aromatic carbocycles. The molecule has 25 heavy (non-hydrogen) atoms. The van der Waals surface area contributed by atoms with Crippen molar-refractivity contribution in [1.29, 1.82) is 0 Å². The molecule has 2 aromatic rings. The third-order valence-corrected chi connectivity index (χ3v) is 4.72. The van der Waals surface area contributed by atoms with Gasteiger partial charge in [-0.1, -0.05) is 12.1 Å². The highest BCUT2D eigenvalue weighted by atomic mass is 16.2. The number of hydrogen-bond donors (Lipinski definition) is 0. The van der Waals surface area contributed by atoms with Gasteiger partial charge in [-0.25, -0.2) is 4.68 Å². The van der Waals surface area contributed by atoms with Crippen LogP contribution in [0.3, 0.4) is 0 Å². The second-order valence-electron chi connectivity index (χ2n) is 6.68. The highest BCUT2D eigenvalue weighted by Crippen LogP contribution is 2.18. The predicted octanol–water partition coefficient (Wildman–Crippen LogP) is 1.61. The Bertz CT molecular complexity index is 803. The number of piperazine rings is 1. The van der Waals surface area contributed by atoms with Crippen LogP contribution in [-0.2, 0) is 7.05 Å². The Morgan fingerprint density at radius 1 is 1.00 bits per heavy atom. The molecule has 6 heteroatoms. The monoisotopic (exact) mass is 340 g/mol. The molecule has 1 fully saturated rings. The van der Waals surface area contributed by atoms with Crippen LogP contribution in [-0.4, -0.2) is 57.7 Å². The van der Waals surface area contributed by atoms with Gasteiger partial charge in [-0.05, 0) is 32.0 Å². The maximum absolute atomic E-state index is 12.7. The molecular weight excluding hydrogens is 316 g/mol. The summed E-state index contributed by atoms with van der Waals surface area (Å²) in [5.41, 5.74) is 2.14. The molecule has 0 atom stereocenters. The van der Waals surface area contributed by atoms with E-state index in [-0.39, 0.29) is 11.5 Å². The van der Waals surface area contributed by atoms with Gasteiger partial charge in [0, 0.05) is 56.5 Å². The van der Waals surface area contributed by atoms with Crippen LogP contribution in [0.25, 0.3) is 11.3 Å². The molecule has 0 saturated carbocycles. The van der Waals surface area contributed by atoms with E-state index < -0.39 is 0 Å². The summed E-state index contributed by atoms with van der Waals surface area (Å²) >= 11 is 0. The largest absolute Gasteiger partial charge is 0.336 e. The van der Waals surface area contributed by atoms with Crippen molar-refractivity contribution in [3.05, 3.63) is 52.3 Å². The smallest absolute Gasteiger partial charge is 0.266 e. The van der Waals surface area contributed by atoms with Crippen LogP contribution in [0.1, 0.15) is 24.2 Å². The minimum Gasteiger partial charge on any atom is -0.336 e. The molecular formula is C19H24N4O2. The Morgan fingerprint density at radius 3 is 2.20 bits per heavy atom. The van der Waals surface area contributed by atoms with Gasteiger partial charge in [0.2, 0.25) is 0 Å². The van der Waals surface area contributed by atoms with Crippen LogP contribution < -0.4 is 5.56 Å². The van der Waals surface area contributed by atoms with Gasteiger partial charge in [-0.3, -0.25) is 14.5 Å². The molecule has 0 aliphatic carbocycles. The molecule has 2 heterocycles. The number of hydrogen-bond acceptors (Lipinski definition) is 4. The Labute approximate surface area is 147 Å². The molecule has 3 rings (SSSR count). The number of nitrogens with zero attached hydrogens (tertiary/aromatic N) is 4. The summed E-state index contributed by atoms with van der Waals surface area (Å²) in [6.07, 6.45) is 0. The lowest BCUT2D eigenvalue weighted by molar-refractivity contribution is 0.0595. The van der Waals surface area contributed by atoms with Crippen LogP contribution in [0.15, 0.2) is 41.2 Å². The summed E-state index contributed by atoms with van der Waals surface area (Å²) in [5, 5.41) is 4.24. The van der Waals surface area contributed by atoms with Gasteiger partial charge in [-0.15, -0.1) is 0 Å². The summed E-state index contributed by atoms with van der Waals surface area (Å²) in [4.78, 5) is 28.4. The van der Waals surface area contributed by atoms with Gasteiger partial charge in [-0.2, -0.15) is 5.10 Å². The Balaban J connectivity index is 1.71. The van der Waals surface area contributed by atoms with E-state index in [1.54, 1.807) is 13.1 Å². The van der Waals surface area contributed by atoms with Gasteiger partial charge in [0.05, 0.1) is 5.69 Å². The first kappa shape index (κ1) is 17.4. The molecule has 132 valence electrons. The summed E-state index contributed by atoms with van der Waals surface area (Å²) in [7, 11) is 1.63. The molecule has 0 unspecified atom stereocenters. The Kier molecular flexibility index (Phi) is 4.99. The molecule has 1 aliphatic heterocycles. The number of rotatable bonds is 3. The summed E-state index contributed by atoms with van der Waals surface area (Å²) in [5.74, 6) is 0.0726. The van der Waals surface area contributed by atoms with Crippen molar-refractivity contribution in [2.24, 2.45) is 7.05 Å². The van der Waals surface area contributed by atoms with Crippen molar-refractivity contribution in [1.82, 2.24) is 19.6 Å². The SMILES string of the molecule is CC(C)N1CCN(C(=O)c2ccc(-c3ccc(=O)n(C)n3)cc2)CC1. The second-order valence-corrected chi connectivity index (χ2v) is 6.68. The number of aryl methyl sites for hydroxylation is 1. The zero-order chi connectivity index (χ0) is 18.0. The molecule has 1 amide bonds. The number of carbonyl (C=O) groups is 1. The average Bonchev–Trinajstić information content (AvgIpc) is 2.63. The summed E-state index contributed by atoms with van der Waals surface area (Å²) in [6.45, 7) is 7.74. The maximum atomic E-state index is 12.7. The predicted molar refractivity (Wildman–Crippen MR) is 97.5 cm³/mol. The molecule has 0 N–H and O–H groups in total. The van der Waals surface area contributed by atoms with Gasteiger partial charge in [0.15, 0.2) is 0 Å². The van der Waals surface area contributed by atoms with Gasteiger partial charge >= 0.3 is 0 Å². The van der Waals surface area contributed by atoms with E-state index in [2.05, 4.69) is 23.8 Å². The van der Waals surface area contributed by atoms with Gasteiger partial charge < -0.3 is 4.90 Å². The van der Waals surface area contributed by atoms with E-state index >= 15 is 0 Å². The van der Waals surface area contributed by atoms with Crippen LogP contribution in [0, 0.1) is 0 Å². The lowest BCUT2D eigenvalue weighted by Gasteiger charge is -2.37. The van der Waals surface area contributed by atoms with Crippen molar-refractivity contribution in [2.75, 3.05) is 26.2 Å². The molecule has 0 bridgehead atoms. The third kappa shape index (κ3) is 3.79. The van der Waals surface area contributed by atoms with Gasteiger partial charge in [0.25, 0.3) is 11.5 Å². The quantitative estimate of drug-likeness (QED) is 0.852. The Morgan fingerprint density at radius 2 is 1.64 bits per heavy atom. The first-order valence-corrected chi connectivity index (χ1v) is 8.64. The van der Waals surface area contributed by atoms with Crippen molar-refractivity contribution >= 4 is 5.91 Å².